The number of carbonyl (C=O) groups is 2. The molecule has 9 heteroatoms. The van der Waals surface area contributed by atoms with Crippen molar-refractivity contribution >= 4 is 55.7 Å². The van der Waals surface area contributed by atoms with E-state index < -0.39 is 29.3 Å². The van der Waals surface area contributed by atoms with Gasteiger partial charge in [0.2, 0.25) is 0 Å². The molecule has 1 aliphatic rings. The van der Waals surface area contributed by atoms with Gasteiger partial charge < -0.3 is 9.84 Å². The first kappa shape index (κ1) is 25.9. The Morgan fingerprint density at radius 3 is 2.66 bits per heavy atom. The number of thiazole rings is 1. The van der Waals surface area contributed by atoms with Crippen LogP contribution in [0.2, 0.25) is 5.02 Å². The summed E-state index contributed by atoms with van der Waals surface area (Å²) in [6, 6.07) is 16.4. The number of carbonyl (C=O) groups excluding carboxylic acids is 2. The average Bonchev–Trinajstić information content (AvgIpc) is 3.44. The maximum Gasteiger partial charge on any atom is 0.301 e. The summed E-state index contributed by atoms with van der Waals surface area (Å²) in [4.78, 5) is 32.7. The average molecular weight is 551 g/mol. The number of benzene rings is 3. The highest BCUT2D eigenvalue weighted by Crippen LogP contribution is 2.45. The number of ketones is 1. The van der Waals surface area contributed by atoms with Crippen molar-refractivity contribution < 1.29 is 23.8 Å². The first-order chi connectivity index (χ1) is 18.4. The number of anilines is 1. The number of aliphatic hydroxyl groups is 1. The van der Waals surface area contributed by atoms with E-state index in [-0.39, 0.29) is 11.1 Å². The van der Waals surface area contributed by atoms with Gasteiger partial charge in [0.05, 0.1) is 28.4 Å². The highest BCUT2D eigenvalue weighted by atomic mass is 35.5. The van der Waals surface area contributed by atoms with E-state index in [1.54, 1.807) is 42.5 Å². The fourth-order valence-electron chi connectivity index (χ4n) is 4.41. The number of rotatable bonds is 8. The molecule has 194 valence electrons. The van der Waals surface area contributed by atoms with Crippen molar-refractivity contribution in [1.29, 1.82) is 0 Å². The molecule has 0 aliphatic carbocycles. The van der Waals surface area contributed by atoms with Gasteiger partial charge in [-0.05, 0) is 66.6 Å². The summed E-state index contributed by atoms with van der Waals surface area (Å²) in [5.41, 5.74) is 1.30. The minimum Gasteiger partial charge on any atom is -0.507 e. The zero-order valence-electron chi connectivity index (χ0n) is 20.5. The van der Waals surface area contributed by atoms with Crippen LogP contribution in [0, 0.1) is 5.82 Å². The lowest BCUT2D eigenvalue weighted by Gasteiger charge is -2.23. The number of ether oxygens (including phenoxy) is 1. The Morgan fingerprint density at radius 2 is 1.89 bits per heavy atom. The van der Waals surface area contributed by atoms with Crippen LogP contribution < -0.4 is 9.64 Å². The molecule has 0 radical (unpaired) electrons. The summed E-state index contributed by atoms with van der Waals surface area (Å²) in [5.74, 6) is -1.97. The van der Waals surface area contributed by atoms with Gasteiger partial charge in [-0.25, -0.2) is 9.37 Å². The quantitative estimate of drug-likeness (QED) is 0.108. The highest BCUT2D eigenvalue weighted by Gasteiger charge is 2.48. The van der Waals surface area contributed by atoms with Gasteiger partial charge in [0.25, 0.3) is 5.78 Å². The van der Waals surface area contributed by atoms with Gasteiger partial charge in [0.1, 0.15) is 17.3 Å². The lowest BCUT2D eigenvalue weighted by Crippen LogP contribution is -2.29. The first-order valence-corrected chi connectivity index (χ1v) is 13.4. The number of Topliss-reactive ketones (excluding diaryl/α,β-unsaturated/α-hetero) is 1. The molecule has 1 amide bonds. The first-order valence-electron chi connectivity index (χ1n) is 12.2. The molecular weight excluding hydrogens is 527 g/mol. The van der Waals surface area contributed by atoms with Gasteiger partial charge in [-0.15, -0.1) is 0 Å². The molecule has 3 aromatic carbocycles. The van der Waals surface area contributed by atoms with Crippen LogP contribution in [0.25, 0.3) is 16.0 Å². The second-order valence-electron chi connectivity index (χ2n) is 8.91. The summed E-state index contributed by atoms with van der Waals surface area (Å²) < 4.78 is 20.2. The Labute approximate surface area is 228 Å². The van der Waals surface area contributed by atoms with Crippen LogP contribution in [0.15, 0.2) is 72.3 Å². The minimum absolute atomic E-state index is 0.109. The molecule has 1 N–H and O–H groups in total. The molecule has 38 heavy (non-hydrogen) atoms. The minimum atomic E-state index is -0.977. The van der Waals surface area contributed by atoms with E-state index in [1.165, 1.54) is 40.5 Å². The summed E-state index contributed by atoms with van der Waals surface area (Å²) in [5, 5.41) is 12.1. The number of aromatic nitrogens is 1. The van der Waals surface area contributed by atoms with Gasteiger partial charge in [-0.3, -0.25) is 14.5 Å². The maximum absolute atomic E-state index is 13.6. The Bertz CT molecular complexity index is 1550. The molecule has 1 saturated heterocycles. The molecule has 6 nitrogen and oxygen atoms in total. The second kappa shape index (κ2) is 10.9. The second-order valence-corrected chi connectivity index (χ2v) is 10.4. The normalized spacial score (nSPS) is 16.9. The van der Waals surface area contributed by atoms with E-state index in [4.69, 9.17) is 16.3 Å². The molecule has 0 saturated carbocycles. The largest absolute Gasteiger partial charge is 0.507 e. The third-order valence-corrected chi connectivity index (χ3v) is 7.55. The van der Waals surface area contributed by atoms with Gasteiger partial charge >= 0.3 is 5.91 Å². The fraction of sp³-hybridized carbons (Fsp3) is 0.207. The van der Waals surface area contributed by atoms with Crippen molar-refractivity contribution in [3.05, 3.63) is 94.3 Å². The van der Waals surface area contributed by atoms with Gasteiger partial charge in [0, 0.05) is 10.6 Å². The van der Waals surface area contributed by atoms with Crippen LogP contribution in [0.4, 0.5) is 9.52 Å². The van der Waals surface area contributed by atoms with Crippen molar-refractivity contribution in [3.63, 3.8) is 0 Å². The number of amides is 1. The number of hydrogen-bond donors (Lipinski definition) is 1. The van der Waals surface area contributed by atoms with Crippen molar-refractivity contribution in [3.8, 4) is 5.75 Å². The summed E-state index contributed by atoms with van der Waals surface area (Å²) in [6.45, 7) is 2.65. The van der Waals surface area contributed by atoms with Crippen molar-refractivity contribution in [2.75, 3.05) is 11.5 Å². The molecular formula is C29H24ClFN2O4S. The van der Waals surface area contributed by atoms with E-state index in [0.717, 1.165) is 24.0 Å². The highest BCUT2D eigenvalue weighted by molar-refractivity contribution is 7.22. The molecule has 2 heterocycles. The van der Waals surface area contributed by atoms with Gasteiger partial charge in [0.15, 0.2) is 5.13 Å². The lowest BCUT2D eigenvalue weighted by atomic mass is 9.95. The molecule has 5 rings (SSSR count). The Morgan fingerprint density at radius 1 is 1.11 bits per heavy atom. The molecule has 1 unspecified atom stereocenters. The van der Waals surface area contributed by atoms with Crippen LogP contribution in [0.3, 0.4) is 0 Å². The third kappa shape index (κ3) is 5.01. The van der Waals surface area contributed by atoms with Gasteiger partial charge in [-0.2, -0.15) is 0 Å². The van der Waals surface area contributed by atoms with Crippen LogP contribution >= 0.6 is 22.9 Å². The smallest absolute Gasteiger partial charge is 0.301 e. The molecule has 1 aliphatic heterocycles. The number of hydrogen-bond acceptors (Lipinski definition) is 6. The maximum atomic E-state index is 13.6. The van der Waals surface area contributed by atoms with Crippen LogP contribution in [-0.2, 0) is 9.59 Å². The van der Waals surface area contributed by atoms with Gasteiger partial charge in [-0.1, -0.05) is 54.8 Å². The monoisotopic (exact) mass is 550 g/mol. The Hall–Kier alpha value is -3.75. The molecule has 1 atom stereocenters. The summed E-state index contributed by atoms with van der Waals surface area (Å²) >= 11 is 7.37. The SMILES string of the molecule is CCCCCOc1cccc(C2/C(=C(\O)c3ccc(F)cc3)C(=O)C(=O)N2c2nc3ccc(Cl)cc3s2)c1. The predicted molar refractivity (Wildman–Crippen MR) is 147 cm³/mol. The summed E-state index contributed by atoms with van der Waals surface area (Å²) in [6.07, 6.45) is 3.01. The number of nitrogens with zero attached hydrogens (tertiary/aromatic N) is 2. The molecule has 0 bridgehead atoms. The van der Waals surface area contributed by atoms with E-state index >= 15 is 0 Å². The van der Waals surface area contributed by atoms with Crippen LogP contribution in [-0.4, -0.2) is 28.4 Å². The van der Waals surface area contributed by atoms with Crippen molar-refractivity contribution in [2.45, 2.75) is 32.2 Å². The topological polar surface area (TPSA) is 79.7 Å². The molecule has 1 aromatic heterocycles. The molecule has 0 spiro atoms. The zero-order chi connectivity index (χ0) is 26.8. The number of halogens is 2. The predicted octanol–water partition coefficient (Wildman–Crippen LogP) is 7.28. The standard InChI is InChI=1S/C29H24ClFN2O4S/c1-2-3-4-14-37-21-7-5-6-18(15-21)25-24(26(34)17-8-11-20(31)12-9-17)27(35)28(36)33(25)29-32-22-13-10-19(30)16-23(22)38-29/h5-13,15-16,25,34H,2-4,14H2,1H3/b26-24+. The number of unbranched alkanes of at least 4 members (excludes halogenated alkanes) is 2. The van der Waals surface area contributed by atoms with Crippen molar-refractivity contribution in [2.24, 2.45) is 0 Å². The van der Waals surface area contributed by atoms with Crippen molar-refractivity contribution in [1.82, 2.24) is 4.98 Å². The molecule has 4 aromatic rings. The number of aliphatic hydroxyl groups excluding tert-OH is 1. The summed E-state index contributed by atoms with van der Waals surface area (Å²) in [7, 11) is 0. The van der Waals surface area contributed by atoms with Crippen LogP contribution in [0.1, 0.15) is 43.4 Å². The Balaban J connectivity index is 1.64. The zero-order valence-corrected chi connectivity index (χ0v) is 22.1. The lowest BCUT2D eigenvalue weighted by molar-refractivity contribution is -0.132. The van der Waals surface area contributed by atoms with E-state index in [1.807, 2.05) is 0 Å². The number of fused-ring (bicyclic) bond motifs is 1. The van der Waals surface area contributed by atoms with Crippen LogP contribution in [0.5, 0.6) is 5.75 Å². The van der Waals surface area contributed by atoms with E-state index in [9.17, 15) is 19.1 Å². The van der Waals surface area contributed by atoms with E-state index in [0.29, 0.717) is 33.6 Å². The molecule has 1 fully saturated rings. The Kier molecular flexibility index (Phi) is 7.44. The fourth-order valence-corrected chi connectivity index (χ4v) is 5.68. The van der Waals surface area contributed by atoms with E-state index in [2.05, 4.69) is 11.9 Å². The third-order valence-electron chi connectivity index (χ3n) is 6.30.